The summed E-state index contributed by atoms with van der Waals surface area (Å²) in [5.41, 5.74) is 10.4. The third-order valence-corrected chi connectivity index (χ3v) is 5.07. The molecule has 0 aromatic rings. The van der Waals surface area contributed by atoms with Crippen LogP contribution < -0.4 is 32.7 Å². The van der Waals surface area contributed by atoms with Gasteiger partial charge in [-0.3, -0.25) is 28.8 Å². The molecule has 36 heavy (non-hydrogen) atoms. The Morgan fingerprint density at radius 1 is 0.889 bits per heavy atom. The van der Waals surface area contributed by atoms with Crippen molar-refractivity contribution in [2.24, 2.45) is 11.5 Å². The lowest BCUT2D eigenvalue weighted by Gasteiger charge is -2.26. The van der Waals surface area contributed by atoms with Crippen LogP contribution in [0.3, 0.4) is 0 Å². The summed E-state index contributed by atoms with van der Waals surface area (Å²) in [7, 11) is 0. The van der Waals surface area contributed by atoms with Gasteiger partial charge in [0.25, 0.3) is 0 Å². The van der Waals surface area contributed by atoms with Crippen molar-refractivity contribution in [1.29, 1.82) is 0 Å². The summed E-state index contributed by atoms with van der Waals surface area (Å²) < 4.78 is 0. The molecule has 1 rings (SSSR count). The van der Waals surface area contributed by atoms with Crippen molar-refractivity contribution in [3.8, 4) is 0 Å². The van der Waals surface area contributed by atoms with Crippen LogP contribution in [0.5, 0.6) is 0 Å². The van der Waals surface area contributed by atoms with Gasteiger partial charge in [-0.25, -0.2) is 4.79 Å². The molecule has 202 valence electrons. The monoisotopic (exact) mass is 517 g/mol. The topological polar surface area (TPSA) is 284 Å². The lowest BCUT2D eigenvalue weighted by molar-refractivity contribution is -0.149. The molecule has 0 aromatic heterocycles. The van der Waals surface area contributed by atoms with E-state index in [9.17, 15) is 43.8 Å². The summed E-state index contributed by atoms with van der Waals surface area (Å²) in [5, 5.41) is 36.1. The summed E-state index contributed by atoms with van der Waals surface area (Å²) in [6.45, 7) is -2.71. The first kappa shape index (κ1) is 30.2. The number of aliphatic hydroxyl groups is 2. The van der Waals surface area contributed by atoms with Crippen molar-refractivity contribution in [2.75, 3.05) is 32.8 Å². The number of primary amides is 1. The second kappa shape index (κ2) is 14.5. The molecule has 0 spiro atoms. The van der Waals surface area contributed by atoms with E-state index in [1.807, 2.05) is 0 Å². The number of carbonyl (C=O) groups excluding carboxylic acids is 6. The second-order valence-electron chi connectivity index (χ2n) is 7.85. The number of aliphatic carboxylic acids is 1. The summed E-state index contributed by atoms with van der Waals surface area (Å²) >= 11 is 0. The van der Waals surface area contributed by atoms with E-state index in [2.05, 4.69) is 21.3 Å². The predicted octanol–water partition coefficient (Wildman–Crippen LogP) is -6.55. The molecule has 17 nitrogen and oxygen atoms in total. The van der Waals surface area contributed by atoms with E-state index >= 15 is 0 Å². The van der Waals surface area contributed by atoms with Crippen LogP contribution >= 0.6 is 0 Å². The SMILES string of the molecule is NC(=O)C[C@H](NC(=O)CNC(=O)[C@@H](N)CO)C(=O)NCC(=O)N[C@@H](CO)C(=O)N1CCC[C@H]1C(=O)O. The molecule has 0 aliphatic carbocycles. The van der Waals surface area contributed by atoms with Gasteiger partial charge >= 0.3 is 5.97 Å². The zero-order chi connectivity index (χ0) is 27.4. The number of aliphatic hydroxyl groups excluding tert-OH is 2. The van der Waals surface area contributed by atoms with Crippen molar-refractivity contribution in [3.63, 3.8) is 0 Å². The Labute approximate surface area is 204 Å². The Bertz CT molecular complexity index is 868. The van der Waals surface area contributed by atoms with E-state index in [0.29, 0.717) is 6.42 Å². The van der Waals surface area contributed by atoms with E-state index in [0.717, 1.165) is 4.90 Å². The number of carbonyl (C=O) groups is 7. The maximum atomic E-state index is 12.5. The number of carboxylic acids is 1. The molecule has 1 fully saturated rings. The Hall–Kier alpha value is -3.83. The number of hydrogen-bond acceptors (Lipinski definition) is 10. The molecule has 0 radical (unpaired) electrons. The van der Waals surface area contributed by atoms with Crippen LogP contribution in [0.1, 0.15) is 19.3 Å². The van der Waals surface area contributed by atoms with E-state index in [4.69, 9.17) is 16.6 Å². The highest BCUT2D eigenvalue weighted by Crippen LogP contribution is 2.18. The van der Waals surface area contributed by atoms with Gasteiger partial charge in [0.15, 0.2) is 0 Å². The van der Waals surface area contributed by atoms with Crippen LogP contribution in [0.15, 0.2) is 0 Å². The zero-order valence-electron chi connectivity index (χ0n) is 19.3. The number of nitrogens with zero attached hydrogens (tertiary/aromatic N) is 1. The summed E-state index contributed by atoms with van der Waals surface area (Å²) in [6, 6.07) is -5.31. The Morgan fingerprint density at radius 2 is 1.44 bits per heavy atom. The number of hydrogen-bond donors (Lipinski definition) is 9. The highest BCUT2D eigenvalue weighted by molar-refractivity contribution is 5.96. The third-order valence-electron chi connectivity index (χ3n) is 5.07. The normalized spacial score (nSPS) is 17.3. The second-order valence-corrected chi connectivity index (χ2v) is 7.85. The largest absolute Gasteiger partial charge is 0.480 e. The van der Waals surface area contributed by atoms with Crippen molar-refractivity contribution in [3.05, 3.63) is 0 Å². The molecule has 11 N–H and O–H groups in total. The van der Waals surface area contributed by atoms with Crippen molar-refractivity contribution in [1.82, 2.24) is 26.2 Å². The highest BCUT2D eigenvalue weighted by Gasteiger charge is 2.37. The Balaban J connectivity index is 2.65. The van der Waals surface area contributed by atoms with Gasteiger partial charge in [0.05, 0.1) is 32.7 Å². The highest BCUT2D eigenvalue weighted by atomic mass is 16.4. The fraction of sp³-hybridized carbons (Fsp3) is 0.632. The van der Waals surface area contributed by atoms with Gasteiger partial charge in [0.1, 0.15) is 24.2 Å². The average molecular weight is 517 g/mol. The van der Waals surface area contributed by atoms with Crippen LogP contribution in [0.2, 0.25) is 0 Å². The first-order chi connectivity index (χ1) is 16.9. The molecule has 1 heterocycles. The van der Waals surface area contributed by atoms with Crippen molar-refractivity contribution < 1.29 is 48.9 Å². The molecule has 4 atom stereocenters. The Kier molecular flexibility index (Phi) is 12.2. The third kappa shape index (κ3) is 9.43. The quantitative estimate of drug-likeness (QED) is 0.104. The lowest BCUT2D eigenvalue weighted by atomic mass is 10.1. The molecule has 6 amide bonds. The molecule has 1 saturated heterocycles. The minimum absolute atomic E-state index is 0.139. The molecule has 0 saturated carbocycles. The van der Waals surface area contributed by atoms with Gasteiger partial charge in [-0.1, -0.05) is 0 Å². The Morgan fingerprint density at radius 3 is 1.94 bits per heavy atom. The number of likely N-dealkylation sites (tertiary alicyclic amines) is 1. The number of amides is 6. The fourth-order valence-corrected chi connectivity index (χ4v) is 3.25. The van der Waals surface area contributed by atoms with Gasteiger partial charge < -0.3 is 53.0 Å². The van der Waals surface area contributed by atoms with Crippen molar-refractivity contribution >= 4 is 41.4 Å². The van der Waals surface area contributed by atoms with Gasteiger partial charge in [0, 0.05) is 6.54 Å². The summed E-state index contributed by atoms with van der Waals surface area (Å²) in [4.78, 5) is 84.2. The average Bonchev–Trinajstić information content (AvgIpc) is 3.33. The van der Waals surface area contributed by atoms with Gasteiger partial charge in [-0.2, -0.15) is 0 Å². The molecule has 1 aliphatic heterocycles. The number of carboxylic acid groups (broad SMARTS) is 1. The first-order valence-corrected chi connectivity index (χ1v) is 10.8. The molecule has 17 heteroatoms. The van der Waals surface area contributed by atoms with Crippen LogP contribution in [-0.4, -0.2) is 119 Å². The molecule has 0 unspecified atom stereocenters. The predicted molar refractivity (Wildman–Crippen MR) is 118 cm³/mol. The van der Waals surface area contributed by atoms with Crippen LogP contribution in [0.4, 0.5) is 0 Å². The molecule has 0 bridgehead atoms. The zero-order valence-corrected chi connectivity index (χ0v) is 19.3. The van der Waals surface area contributed by atoms with Gasteiger partial charge in [-0.15, -0.1) is 0 Å². The maximum absolute atomic E-state index is 12.5. The lowest BCUT2D eigenvalue weighted by Crippen LogP contribution is -2.56. The van der Waals surface area contributed by atoms with Crippen LogP contribution in [0.25, 0.3) is 0 Å². The number of rotatable bonds is 14. The van der Waals surface area contributed by atoms with E-state index in [-0.39, 0.29) is 13.0 Å². The van der Waals surface area contributed by atoms with Gasteiger partial charge in [-0.05, 0) is 12.8 Å². The van der Waals surface area contributed by atoms with E-state index < -0.39 is 98.3 Å². The molecule has 1 aliphatic rings. The molecule has 0 aromatic carbocycles. The van der Waals surface area contributed by atoms with Crippen LogP contribution in [-0.2, 0) is 33.6 Å². The minimum atomic E-state index is -1.51. The number of nitrogens with one attached hydrogen (secondary N) is 4. The van der Waals surface area contributed by atoms with E-state index in [1.54, 1.807) is 0 Å². The molecular weight excluding hydrogens is 486 g/mol. The van der Waals surface area contributed by atoms with Gasteiger partial charge in [0.2, 0.25) is 35.4 Å². The maximum Gasteiger partial charge on any atom is 0.326 e. The summed E-state index contributed by atoms with van der Waals surface area (Å²) in [5.74, 6) is -6.63. The van der Waals surface area contributed by atoms with Crippen molar-refractivity contribution in [2.45, 2.75) is 43.4 Å². The standard InChI is InChI=1S/C19H31N7O10/c20-9(7-27)16(32)22-5-14(30)24-10(4-13(21)29)17(33)23-6-15(31)25-11(8-28)18(34)26-3-1-2-12(26)19(35)36/h9-12,27-28H,1-8,20H2,(H2,21,29)(H,22,32)(H,23,33)(H,24,30)(H,25,31)(H,35,36)/t9-,10-,11-,12-/m0/s1. The first-order valence-electron chi connectivity index (χ1n) is 10.8. The smallest absolute Gasteiger partial charge is 0.326 e. The fourth-order valence-electron chi connectivity index (χ4n) is 3.25. The summed E-state index contributed by atoms with van der Waals surface area (Å²) in [6.07, 6.45) is 0.0243. The minimum Gasteiger partial charge on any atom is -0.480 e. The van der Waals surface area contributed by atoms with Crippen LogP contribution in [0, 0.1) is 0 Å². The molecular formula is C19H31N7O10. The number of nitrogens with two attached hydrogens (primary N) is 2. The van der Waals surface area contributed by atoms with E-state index in [1.165, 1.54) is 0 Å².